The normalized spacial score (nSPS) is 13.7. The van der Waals surface area contributed by atoms with Crippen LogP contribution in [0.15, 0.2) is 24.3 Å². The molecule has 2 heteroatoms. The van der Waals surface area contributed by atoms with Crippen LogP contribution in [-0.4, -0.2) is 23.9 Å². The number of benzene rings is 1. The average molecular weight is 268 g/mol. The summed E-state index contributed by atoms with van der Waals surface area (Å²) in [7, 11) is -0.960. The van der Waals surface area contributed by atoms with Crippen LogP contribution in [0.4, 0.5) is 0 Å². The van der Waals surface area contributed by atoms with Crippen LogP contribution in [0, 0.1) is 6.92 Å². The van der Waals surface area contributed by atoms with Crippen LogP contribution in [-0.2, 0) is 10.6 Å². The largest absolute Gasteiger partial charge is 0.337 e. The van der Waals surface area contributed by atoms with Crippen LogP contribution in [0.3, 0.4) is 0 Å². The average Bonchev–Trinajstić information content (AvgIpc) is 2.23. The molecule has 0 atom stereocenters. The van der Waals surface area contributed by atoms with E-state index in [9.17, 15) is 0 Å². The van der Waals surface area contributed by atoms with E-state index in [1.54, 1.807) is 0 Å². The quantitative estimate of drug-likeness (QED) is 0.702. The van der Waals surface area contributed by atoms with E-state index in [1.807, 2.05) is 0 Å². The van der Waals surface area contributed by atoms with Gasteiger partial charge in [-0.05, 0) is 37.8 Å². The second kappa shape index (κ2) is 6.12. The molecule has 0 aliphatic heterocycles. The Hall–Kier alpha value is -0.470. The molecule has 1 nitrogen and oxygen atoms in total. The molecule has 1 aromatic rings. The Morgan fingerprint density at radius 1 is 1.17 bits per heavy atom. The van der Waals surface area contributed by atoms with E-state index in [1.165, 1.54) is 11.1 Å². The molecule has 0 saturated heterocycles. The molecule has 0 fully saturated rings. The molecule has 0 N–H and O–H groups in total. The molecule has 0 heterocycles. The summed E-state index contributed by atoms with van der Waals surface area (Å²) < 4.78 is 6.39. The van der Waals surface area contributed by atoms with Gasteiger partial charge in [-0.1, -0.05) is 50.6 Å². The molecule has 0 saturated carbocycles. The van der Waals surface area contributed by atoms with Gasteiger partial charge in [-0.25, -0.2) is 0 Å². The van der Waals surface area contributed by atoms with Crippen molar-refractivity contribution in [1.29, 1.82) is 0 Å². The van der Waals surface area contributed by atoms with Gasteiger partial charge in [-0.2, -0.15) is 0 Å². The Balaban J connectivity index is 2.35. The third-order valence-corrected chi connectivity index (χ3v) is 7.25. The van der Waals surface area contributed by atoms with Gasteiger partial charge in [0.1, 0.15) is 0 Å². The lowest BCUT2D eigenvalue weighted by molar-refractivity contribution is 0.341. The topological polar surface area (TPSA) is 9.23 Å². The highest BCUT2D eigenvalue weighted by molar-refractivity contribution is 8.29. The SMILES string of the molecule is Cc1cccc(CCCOS(C)(C)C(C)(C)C)c1. The Bertz CT molecular complexity index is 377. The lowest BCUT2D eigenvalue weighted by Crippen LogP contribution is -2.25. The van der Waals surface area contributed by atoms with Gasteiger partial charge in [0.05, 0.1) is 6.61 Å². The molecule has 1 aromatic carbocycles. The summed E-state index contributed by atoms with van der Waals surface area (Å²) in [5, 5.41) is 0. The van der Waals surface area contributed by atoms with Crippen molar-refractivity contribution in [2.45, 2.75) is 45.3 Å². The fourth-order valence-electron chi connectivity index (χ4n) is 1.59. The fourth-order valence-corrected chi connectivity index (χ4v) is 2.48. The zero-order valence-electron chi connectivity index (χ0n) is 12.7. The second-order valence-electron chi connectivity index (χ2n) is 6.26. The predicted octanol–water partition coefficient (Wildman–Crippen LogP) is 4.72. The summed E-state index contributed by atoms with van der Waals surface area (Å²) in [6.45, 7) is 9.81. The number of hydrogen-bond donors (Lipinski definition) is 0. The van der Waals surface area contributed by atoms with Gasteiger partial charge in [0, 0.05) is 4.75 Å². The molecule has 0 aliphatic carbocycles. The van der Waals surface area contributed by atoms with E-state index in [0.717, 1.165) is 19.4 Å². The minimum atomic E-state index is -0.960. The number of rotatable bonds is 5. The van der Waals surface area contributed by atoms with Gasteiger partial charge < -0.3 is 4.18 Å². The van der Waals surface area contributed by atoms with Crippen LogP contribution in [0.2, 0.25) is 0 Å². The van der Waals surface area contributed by atoms with E-state index in [0.29, 0.717) is 0 Å². The van der Waals surface area contributed by atoms with Crippen LogP contribution in [0.25, 0.3) is 0 Å². The Kier molecular flexibility index (Phi) is 5.30. The van der Waals surface area contributed by atoms with Crippen molar-refractivity contribution in [3.05, 3.63) is 35.4 Å². The Labute approximate surface area is 114 Å². The van der Waals surface area contributed by atoms with Crippen LogP contribution in [0.5, 0.6) is 0 Å². The third kappa shape index (κ3) is 4.66. The summed E-state index contributed by atoms with van der Waals surface area (Å²) >= 11 is 0. The highest BCUT2D eigenvalue weighted by Crippen LogP contribution is 2.53. The van der Waals surface area contributed by atoms with Crippen molar-refractivity contribution < 1.29 is 4.18 Å². The number of aryl methyl sites for hydroxylation is 2. The van der Waals surface area contributed by atoms with Gasteiger partial charge >= 0.3 is 0 Å². The highest BCUT2D eigenvalue weighted by Gasteiger charge is 2.28. The first-order valence-electron chi connectivity index (χ1n) is 6.65. The molecule has 0 aromatic heterocycles. The summed E-state index contributed by atoms with van der Waals surface area (Å²) in [4.78, 5) is 0. The Morgan fingerprint density at radius 3 is 2.39 bits per heavy atom. The molecule has 0 unspecified atom stereocenters. The maximum atomic E-state index is 6.13. The van der Waals surface area contributed by atoms with Crippen molar-refractivity contribution >= 4 is 10.3 Å². The van der Waals surface area contributed by atoms with Gasteiger partial charge in [-0.15, -0.1) is 10.3 Å². The lowest BCUT2D eigenvalue weighted by atomic mass is 10.1. The highest BCUT2D eigenvalue weighted by atomic mass is 32.3. The van der Waals surface area contributed by atoms with Crippen molar-refractivity contribution in [2.24, 2.45) is 0 Å². The zero-order chi connectivity index (χ0) is 13.8. The summed E-state index contributed by atoms with van der Waals surface area (Å²) in [6.07, 6.45) is 6.75. The van der Waals surface area contributed by atoms with Crippen molar-refractivity contribution in [1.82, 2.24) is 0 Å². The molecule has 104 valence electrons. The van der Waals surface area contributed by atoms with Crippen molar-refractivity contribution in [2.75, 3.05) is 19.1 Å². The minimum absolute atomic E-state index is 0.260. The maximum Gasteiger partial charge on any atom is 0.0595 e. The summed E-state index contributed by atoms with van der Waals surface area (Å²) in [6, 6.07) is 8.75. The maximum absolute atomic E-state index is 6.13. The van der Waals surface area contributed by atoms with Crippen LogP contribution in [0.1, 0.15) is 38.3 Å². The number of hydrogen-bond acceptors (Lipinski definition) is 1. The van der Waals surface area contributed by atoms with E-state index < -0.39 is 10.3 Å². The lowest BCUT2D eigenvalue weighted by Gasteiger charge is -2.43. The first-order valence-corrected chi connectivity index (χ1v) is 9.03. The van der Waals surface area contributed by atoms with E-state index >= 15 is 0 Å². The molecule has 0 bridgehead atoms. The van der Waals surface area contributed by atoms with Crippen molar-refractivity contribution in [3.8, 4) is 0 Å². The molecular weight excluding hydrogens is 240 g/mol. The van der Waals surface area contributed by atoms with Gasteiger partial charge in [-0.3, -0.25) is 0 Å². The van der Waals surface area contributed by atoms with Crippen LogP contribution < -0.4 is 0 Å². The third-order valence-electron chi connectivity index (χ3n) is 3.54. The standard InChI is InChI=1S/C16H28OS/c1-14-9-7-10-15(13-14)11-8-12-17-18(5,6)16(2,3)4/h7,9-10,13H,8,11-12H2,1-6H3. The molecular formula is C16H28OS. The predicted molar refractivity (Wildman–Crippen MR) is 84.6 cm³/mol. The van der Waals surface area contributed by atoms with Gasteiger partial charge in [0.2, 0.25) is 0 Å². The minimum Gasteiger partial charge on any atom is -0.337 e. The molecule has 18 heavy (non-hydrogen) atoms. The van der Waals surface area contributed by atoms with E-state index in [4.69, 9.17) is 4.18 Å². The first-order chi connectivity index (χ1) is 8.22. The summed E-state index contributed by atoms with van der Waals surface area (Å²) in [5.41, 5.74) is 2.76. The fraction of sp³-hybridized carbons (Fsp3) is 0.625. The first kappa shape index (κ1) is 15.6. The van der Waals surface area contributed by atoms with E-state index in [2.05, 4.69) is 64.5 Å². The monoisotopic (exact) mass is 268 g/mol. The Morgan fingerprint density at radius 2 is 1.83 bits per heavy atom. The molecule has 0 radical (unpaired) electrons. The smallest absolute Gasteiger partial charge is 0.0595 e. The molecule has 0 aliphatic rings. The van der Waals surface area contributed by atoms with Crippen molar-refractivity contribution in [3.63, 3.8) is 0 Å². The molecule has 0 amide bonds. The summed E-state index contributed by atoms with van der Waals surface area (Å²) in [5.74, 6) is 0. The molecule has 0 spiro atoms. The second-order valence-corrected chi connectivity index (χ2v) is 10.2. The molecule has 1 rings (SSSR count). The van der Waals surface area contributed by atoms with Gasteiger partial charge in [0.25, 0.3) is 0 Å². The van der Waals surface area contributed by atoms with E-state index in [-0.39, 0.29) is 4.75 Å². The van der Waals surface area contributed by atoms with Gasteiger partial charge in [0.15, 0.2) is 0 Å². The van der Waals surface area contributed by atoms with Crippen LogP contribution >= 0.6 is 10.3 Å². The zero-order valence-corrected chi connectivity index (χ0v) is 13.6.